The van der Waals surface area contributed by atoms with Gasteiger partial charge in [0.25, 0.3) is 0 Å². The minimum atomic E-state index is -0.894. The van der Waals surface area contributed by atoms with E-state index in [1.807, 2.05) is 0 Å². The van der Waals surface area contributed by atoms with E-state index < -0.39 is 30.1 Å². The maximum Gasteiger partial charge on any atom is 0.362 e. The predicted octanol–water partition coefficient (Wildman–Crippen LogP) is 0.437. The van der Waals surface area contributed by atoms with Crippen LogP contribution in [0.1, 0.15) is 26.7 Å². The van der Waals surface area contributed by atoms with Crippen LogP contribution in [0.25, 0.3) is 0 Å². The number of ether oxygens (including phenoxy) is 3. The Labute approximate surface area is 136 Å². The Morgan fingerprint density at radius 1 is 1.13 bits per heavy atom. The van der Waals surface area contributed by atoms with Gasteiger partial charge in [0, 0.05) is 19.8 Å². The third kappa shape index (κ3) is 9.85. The Kier molecular flexibility index (Phi) is 9.43. The van der Waals surface area contributed by atoms with Crippen LogP contribution in [-0.4, -0.2) is 80.6 Å². The Bertz CT molecular complexity index is 403. The summed E-state index contributed by atoms with van der Waals surface area (Å²) in [5.41, 5.74) is 0. The Balaban J connectivity index is 4.36. The van der Waals surface area contributed by atoms with Crippen molar-refractivity contribution in [1.29, 1.82) is 0 Å². The maximum absolute atomic E-state index is 11.3. The molecule has 0 bridgehead atoms. The standard InChI is InChI=1S/C15H27NO7/c1-6-14(18)23-12(10-22-11(2)17)9-21-8-7-13(15(19)20)16(3,4)5/h12-13H,6-10H2,1-5H3/p+1. The minimum absolute atomic E-state index is 0.0441. The van der Waals surface area contributed by atoms with E-state index in [1.165, 1.54) is 6.92 Å². The molecule has 0 radical (unpaired) electrons. The van der Waals surface area contributed by atoms with Crippen LogP contribution in [0.4, 0.5) is 0 Å². The van der Waals surface area contributed by atoms with Gasteiger partial charge in [-0.3, -0.25) is 9.59 Å². The monoisotopic (exact) mass is 334 g/mol. The molecule has 2 atom stereocenters. The average molecular weight is 334 g/mol. The lowest BCUT2D eigenvalue weighted by molar-refractivity contribution is -0.887. The fourth-order valence-electron chi connectivity index (χ4n) is 1.85. The molecule has 0 aliphatic carbocycles. The molecule has 0 saturated heterocycles. The average Bonchev–Trinajstić information content (AvgIpc) is 2.41. The zero-order valence-corrected chi connectivity index (χ0v) is 14.5. The summed E-state index contributed by atoms with van der Waals surface area (Å²) in [6.45, 7) is 3.08. The van der Waals surface area contributed by atoms with Crippen molar-refractivity contribution in [2.75, 3.05) is 41.0 Å². The molecule has 0 saturated carbocycles. The molecule has 2 unspecified atom stereocenters. The summed E-state index contributed by atoms with van der Waals surface area (Å²) in [5.74, 6) is -1.78. The number of aliphatic carboxylic acids is 1. The number of carboxylic acids is 1. The molecule has 23 heavy (non-hydrogen) atoms. The fourth-order valence-corrected chi connectivity index (χ4v) is 1.85. The number of rotatable bonds is 11. The summed E-state index contributed by atoms with van der Waals surface area (Å²) in [7, 11) is 5.39. The van der Waals surface area contributed by atoms with Crippen LogP contribution in [0.5, 0.6) is 0 Å². The molecular weight excluding hydrogens is 306 g/mol. The van der Waals surface area contributed by atoms with E-state index in [0.29, 0.717) is 6.42 Å². The van der Waals surface area contributed by atoms with Crippen molar-refractivity contribution in [1.82, 2.24) is 0 Å². The summed E-state index contributed by atoms with van der Waals surface area (Å²) in [6, 6.07) is -0.597. The number of carboxylic acid groups (broad SMARTS) is 1. The highest BCUT2D eigenvalue weighted by atomic mass is 16.6. The molecule has 0 fully saturated rings. The SMILES string of the molecule is CCC(=O)OC(COCCC(C(=O)O)[N+](C)(C)C)COC(C)=O. The van der Waals surface area contributed by atoms with Gasteiger partial charge in [-0.05, 0) is 0 Å². The van der Waals surface area contributed by atoms with E-state index >= 15 is 0 Å². The van der Waals surface area contributed by atoms with Gasteiger partial charge in [-0.15, -0.1) is 0 Å². The van der Waals surface area contributed by atoms with Crippen LogP contribution < -0.4 is 0 Å². The van der Waals surface area contributed by atoms with Gasteiger partial charge in [0.1, 0.15) is 6.61 Å². The molecule has 1 N–H and O–H groups in total. The normalized spacial score (nSPS) is 14.0. The summed E-state index contributed by atoms with van der Waals surface area (Å²) >= 11 is 0. The first-order valence-corrected chi connectivity index (χ1v) is 7.52. The first-order chi connectivity index (χ1) is 10.6. The van der Waals surface area contributed by atoms with Crippen molar-refractivity contribution in [2.24, 2.45) is 0 Å². The molecular formula is C15H28NO7+. The fraction of sp³-hybridized carbons (Fsp3) is 0.800. The third-order valence-corrected chi connectivity index (χ3v) is 3.12. The van der Waals surface area contributed by atoms with E-state index in [2.05, 4.69) is 0 Å². The van der Waals surface area contributed by atoms with Gasteiger partial charge in [0.2, 0.25) is 0 Å². The number of carbonyl (C=O) groups excluding carboxylic acids is 2. The molecule has 0 aromatic carbocycles. The number of quaternary nitrogens is 1. The molecule has 0 amide bonds. The lowest BCUT2D eigenvalue weighted by Gasteiger charge is -2.31. The van der Waals surface area contributed by atoms with E-state index in [-0.39, 0.29) is 30.7 Å². The van der Waals surface area contributed by atoms with E-state index in [0.717, 1.165) is 0 Å². The van der Waals surface area contributed by atoms with Gasteiger partial charge in [-0.1, -0.05) is 6.92 Å². The van der Waals surface area contributed by atoms with Crippen LogP contribution in [0, 0.1) is 0 Å². The molecule has 8 nitrogen and oxygen atoms in total. The van der Waals surface area contributed by atoms with Crippen LogP contribution in [0.2, 0.25) is 0 Å². The Hall–Kier alpha value is -1.67. The molecule has 0 heterocycles. The lowest BCUT2D eigenvalue weighted by atomic mass is 10.1. The molecule has 8 heteroatoms. The van der Waals surface area contributed by atoms with Crippen molar-refractivity contribution in [3.05, 3.63) is 0 Å². The van der Waals surface area contributed by atoms with E-state index in [9.17, 15) is 19.5 Å². The lowest BCUT2D eigenvalue weighted by Crippen LogP contribution is -2.50. The molecule has 134 valence electrons. The third-order valence-electron chi connectivity index (χ3n) is 3.12. The second kappa shape index (κ2) is 10.2. The summed E-state index contributed by atoms with van der Waals surface area (Å²) in [5, 5.41) is 9.22. The number of hydrogen-bond acceptors (Lipinski definition) is 6. The van der Waals surface area contributed by atoms with Crippen molar-refractivity contribution in [3.63, 3.8) is 0 Å². The van der Waals surface area contributed by atoms with Crippen molar-refractivity contribution in [2.45, 2.75) is 38.8 Å². The summed E-state index contributed by atoms with van der Waals surface area (Å²) in [4.78, 5) is 33.4. The maximum atomic E-state index is 11.3. The van der Waals surface area contributed by atoms with E-state index in [1.54, 1.807) is 28.1 Å². The quantitative estimate of drug-likeness (QED) is 0.332. The molecule has 0 rings (SSSR count). The highest BCUT2D eigenvalue weighted by Crippen LogP contribution is 2.09. The molecule has 0 spiro atoms. The number of carbonyl (C=O) groups is 3. The smallest absolute Gasteiger partial charge is 0.362 e. The molecule has 0 aliphatic heterocycles. The first-order valence-electron chi connectivity index (χ1n) is 7.52. The zero-order chi connectivity index (χ0) is 18.0. The van der Waals surface area contributed by atoms with Crippen LogP contribution in [0.3, 0.4) is 0 Å². The predicted molar refractivity (Wildman–Crippen MR) is 81.7 cm³/mol. The zero-order valence-electron chi connectivity index (χ0n) is 14.5. The highest BCUT2D eigenvalue weighted by Gasteiger charge is 2.31. The van der Waals surface area contributed by atoms with Gasteiger partial charge in [-0.2, -0.15) is 0 Å². The second-order valence-electron chi connectivity index (χ2n) is 6.10. The van der Waals surface area contributed by atoms with Crippen molar-refractivity contribution >= 4 is 17.9 Å². The van der Waals surface area contributed by atoms with Gasteiger partial charge in [0.15, 0.2) is 12.1 Å². The molecule has 0 aromatic heterocycles. The van der Waals surface area contributed by atoms with Gasteiger partial charge in [0.05, 0.1) is 34.4 Å². The second-order valence-corrected chi connectivity index (χ2v) is 6.10. The summed E-state index contributed by atoms with van der Waals surface area (Å²) in [6.07, 6.45) is -0.168. The Morgan fingerprint density at radius 2 is 1.74 bits per heavy atom. The topological polar surface area (TPSA) is 99.1 Å². The molecule has 0 aromatic rings. The van der Waals surface area contributed by atoms with Gasteiger partial charge in [-0.25, -0.2) is 4.79 Å². The Morgan fingerprint density at radius 3 is 2.17 bits per heavy atom. The highest BCUT2D eigenvalue weighted by molar-refractivity contribution is 5.72. The number of esters is 2. The van der Waals surface area contributed by atoms with Crippen LogP contribution in [0.15, 0.2) is 0 Å². The number of likely N-dealkylation sites (N-methyl/N-ethyl adjacent to an activating group) is 1. The number of hydrogen-bond donors (Lipinski definition) is 1. The van der Waals surface area contributed by atoms with Crippen LogP contribution >= 0.6 is 0 Å². The molecule has 0 aliphatic rings. The first kappa shape index (κ1) is 21.3. The minimum Gasteiger partial charge on any atom is -0.477 e. The number of nitrogens with zero attached hydrogens (tertiary/aromatic N) is 1. The van der Waals surface area contributed by atoms with Crippen molar-refractivity contribution < 1.29 is 38.2 Å². The van der Waals surface area contributed by atoms with Crippen molar-refractivity contribution in [3.8, 4) is 0 Å². The van der Waals surface area contributed by atoms with Gasteiger partial charge < -0.3 is 23.8 Å². The van der Waals surface area contributed by atoms with Gasteiger partial charge >= 0.3 is 17.9 Å². The van der Waals surface area contributed by atoms with Crippen LogP contribution in [-0.2, 0) is 28.6 Å². The summed E-state index contributed by atoms with van der Waals surface area (Å²) < 4.78 is 15.6. The largest absolute Gasteiger partial charge is 0.477 e. The van der Waals surface area contributed by atoms with E-state index in [4.69, 9.17) is 14.2 Å².